The molecule has 0 amide bonds. The number of nitrogens with zero attached hydrogens (tertiary/aromatic N) is 1. The predicted octanol–water partition coefficient (Wildman–Crippen LogP) is 2.93. The highest BCUT2D eigenvalue weighted by molar-refractivity contribution is 5.42. The summed E-state index contributed by atoms with van der Waals surface area (Å²) in [6, 6.07) is 7.63. The summed E-state index contributed by atoms with van der Waals surface area (Å²) in [6.07, 6.45) is 3.94. The average Bonchev–Trinajstić information content (AvgIpc) is 2.94. The van der Waals surface area contributed by atoms with Gasteiger partial charge in [0, 0.05) is 30.7 Å². The third kappa shape index (κ3) is 2.84. The number of likely N-dealkylation sites (tertiary alicyclic amines) is 1. The maximum Gasteiger partial charge on any atom is 0.124 e. The van der Waals surface area contributed by atoms with E-state index >= 15 is 0 Å². The van der Waals surface area contributed by atoms with E-state index in [4.69, 9.17) is 4.74 Å². The molecule has 3 nitrogen and oxygen atoms in total. The lowest BCUT2D eigenvalue weighted by Gasteiger charge is -2.38. The molecule has 1 fully saturated rings. The molecule has 2 aliphatic heterocycles. The van der Waals surface area contributed by atoms with Crippen LogP contribution in [0, 0.1) is 0 Å². The Hall–Kier alpha value is -1.06. The molecule has 0 aromatic heterocycles. The maximum absolute atomic E-state index is 6.19. The molecule has 3 rings (SSSR count). The fourth-order valence-corrected chi connectivity index (χ4v) is 3.50. The standard InChI is InChI=1S/C17H26N2O/c1-13(2)19-9-4-3-7-15(19)12-20-17-8-5-6-14-10-18-11-16(14)17/h5-6,8,13,15,18H,3-4,7,9-12H2,1-2H3. The first-order chi connectivity index (χ1) is 9.75. The third-order valence-electron chi connectivity index (χ3n) is 4.61. The molecule has 0 aliphatic carbocycles. The molecule has 1 saturated heterocycles. The lowest BCUT2D eigenvalue weighted by Crippen LogP contribution is -2.46. The molecule has 0 radical (unpaired) electrons. The van der Waals surface area contributed by atoms with Gasteiger partial charge in [-0.1, -0.05) is 18.6 Å². The summed E-state index contributed by atoms with van der Waals surface area (Å²) < 4.78 is 6.19. The van der Waals surface area contributed by atoms with Crippen LogP contribution in [0.2, 0.25) is 0 Å². The summed E-state index contributed by atoms with van der Waals surface area (Å²) in [5, 5.41) is 3.40. The highest BCUT2D eigenvalue weighted by Crippen LogP contribution is 2.27. The zero-order valence-electron chi connectivity index (χ0n) is 12.7. The molecule has 0 saturated carbocycles. The number of piperidine rings is 1. The van der Waals surface area contributed by atoms with E-state index in [1.165, 1.54) is 36.9 Å². The van der Waals surface area contributed by atoms with Gasteiger partial charge >= 0.3 is 0 Å². The van der Waals surface area contributed by atoms with E-state index in [1.54, 1.807) is 0 Å². The van der Waals surface area contributed by atoms with E-state index in [9.17, 15) is 0 Å². The highest BCUT2D eigenvalue weighted by atomic mass is 16.5. The fraction of sp³-hybridized carbons (Fsp3) is 0.647. The van der Waals surface area contributed by atoms with Crippen LogP contribution >= 0.6 is 0 Å². The molecule has 2 heterocycles. The summed E-state index contributed by atoms with van der Waals surface area (Å²) in [4.78, 5) is 2.60. The largest absolute Gasteiger partial charge is 0.492 e. The van der Waals surface area contributed by atoms with Crippen molar-refractivity contribution in [3.8, 4) is 5.75 Å². The van der Waals surface area contributed by atoms with Crippen LogP contribution < -0.4 is 10.1 Å². The van der Waals surface area contributed by atoms with Crippen LogP contribution in [0.1, 0.15) is 44.2 Å². The number of ether oxygens (including phenoxy) is 1. The summed E-state index contributed by atoms with van der Waals surface area (Å²) in [5.74, 6) is 1.08. The minimum atomic E-state index is 0.578. The first kappa shape index (κ1) is 13.9. The third-order valence-corrected chi connectivity index (χ3v) is 4.61. The van der Waals surface area contributed by atoms with E-state index in [0.717, 1.165) is 25.4 Å². The van der Waals surface area contributed by atoms with E-state index in [-0.39, 0.29) is 0 Å². The molecule has 1 N–H and O–H groups in total. The molecule has 2 aliphatic rings. The van der Waals surface area contributed by atoms with Crippen LogP contribution in [0.4, 0.5) is 0 Å². The van der Waals surface area contributed by atoms with Crippen LogP contribution in [0.15, 0.2) is 18.2 Å². The van der Waals surface area contributed by atoms with Gasteiger partial charge in [-0.15, -0.1) is 0 Å². The smallest absolute Gasteiger partial charge is 0.124 e. The van der Waals surface area contributed by atoms with Crippen molar-refractivity contribution in [2.45, 2.75) is 58.3 Å². The van der Waals surface area contributed by atoms with E-state index < -0.39 is 0 Å². The van der Waals surface area contributed by atoms with Crippen molar-refractivity contribution in [1.82, 2.24) is 10.2 Å². The van der Waals surface area contributed by atoms with Gasteiger partial charge in [-0.2, -0.15) is 0 Å². The molecule has 20 heavy (non-hydrogen) atoms. The van der Waals surface area contributed by atoms with Gasteiger partial charge in [0.2, 0.25) is 0 Å². The van der Waals surface area contributed by atoms with Crippen molar-refractivity contribution >= 4 is 0 Å². The highest BCUT2D eigenvalue weighted by Gasteiger charge is 2.25. The molecule has 0 spiro atoms. The summed E-state index contributed by atoms with van der Waals surface area (Å²) in [5.41, 5.74) is 2.76. The first-order valence-electron chi connectivity index (χ1n) is 7.95. The molecule has 1 unspecified atom stereocenters. The van der Waals surface area contributed by atoms with Crippen molar-refractivity contribution < 1.29 is 4.74 Å². The van der Waals surface area contributed by atoms with Crippen LogP contribution in [0.3, 0.4) is 0 Å². The van der Waals surface area contributed by atoms with Crippen LogP contribution in [-0.4, -0.2) is 30.1 Å². The zero-order chi connectivity index (χ0) is 13.9. The SMILES string of the molecule is CC(C)N1CCCCC1COc1cccc2c1CNC2. The van der Waals surface area contributed by atoms with Gasteiger partial charge in [0.25, 0.3) is 0 Å². The van der Waals surface area contributed by atoms with Crippen LogP contribution in [-0.2, 0) is 13.1 Å². The maximum atomic E-state index is 6.19. The molecule has 3 heteroatoms. The normalized spacial score (nSPS) is 23.1. The Morgan fingerprint density at radius 2 is 2.20 bits per heavy atom. The Morgan fingerprint density at radius 1 is 1.30 bits per heavy atom. The number of rotatable bonds is 4. The van der Waals surface area contributed by atoms with Crippen molar-refractivity contribution in [3.63, 3.8) is 0 Å². The van der Waals surface area contributed by atoms with Gasteiger partial charge in [-0.3, -0.25) is 4.90 Å². The minimum absolute atomic E-state index is 0.578. The Bertz CT molecular complexity index is 458. The Morgan fingerprint density at radius 3 is 3.05 bits per heavy atom. The fourth-order valence-electron chi connectivity index (χ4n) is 3.50. The quantitative estimate of drug-likeness (QED) is 0.913. The lowest BCUT2D eigenvalue weighted by molar-refractivity contribution is 0.0730. The van der Waals surface area contributed by atoms with Crippen LogP contribution in [0.5, 0.6) is 5.75 Å². The van der Waals surface area contributed by atoms with Gasteiger partial charge in [0.15, 0.2) is 0 Å². The second-order valence-electron chi connectivity index (χ2n) is 6.29. The van der Waals surface area contributed by atoms with Crippen molar-refractivity contribution in [2.24, 2.45) is 0 Å². The number of hydrogen-bond acceptors (Lipinski definition) is 3. The molecule has 1 aromatic carbocycles. The molecular formula is C17H26N2O. The second-order valence-corrected chi connectivity index (χ2v) is 6.29. The Balaban J connectivity index is 1.65. The van der Waals surface area contributed by atoms with E-state index in [2.05, 4.69) is 42.3 Å². The van der Waals surface area contributed by atoms with Gasteiger partial charge < -0.3 is 10.1 Å². The molecular weight excluding hydrogens is 248 g/mol. The zero-order valence-corrected chi connectivity index (χ0v) is 12.7. The number of nitrogens with one attached hydrogen (secondary N) is 1. The lowest BCUT2D eigenvalue weighted by atomic mass is 10.0. The second kappa shape index (κ2) is 6.15. The topological polar surface area (TPSA) is 24.5 Å². The Kier molecular flexibility index (Phi) is 4.27. The van der Waals surface area contributed by atoms with E-state index in [1.807, 2.05) is 0 Å². The minimum Gasteiger partial charge on any atom is -0.492 e. The summed E-state index contributed by atoms with van der Waals surface area (Å²) in [6.45, 7) is 8.57. The van der Waals surface area contributed by atoms with Gasteiger partial charge in [0.05, 0.1) is 0 Å². The van der Waals surface area contributed by atoms with Gasteiger partial charge in [-0.25, -0.2) is 0 Å². The number of hydrogen-bond donors (Lipinski definition) is 1. The summed E-state index contributed by atoms with van der Waals surface area (Å²) >= 11 is 0. The number of fused-ring (bicyclic) bond motifs is 1. The predicted molar refractivity (Wildman–Crippen MR) is 82.0 cm³/mol. The first-order valence-corrected chi connectivity index (χ1v) is 7.95. The van der Waals surface area contributed by atoms with Gasteiger partial charge in [-0.05, 0) is 44.9 Å². The van der Waals surface area contributed by atoms with Crippen molar-refractivity contribution in [2.75, 3.05) is 13.2 Å². The molecule has 1 atom stereocenters. The van der Waals surface area contributed by atoms with Crippen molar-refractivity contribution in [3.05, 3.63) is 29.3 Å². The van der Waals surface area contributed by atoms with Crippen molar-refractivity contribution in [1.29, 1.82) is 0 Å². The van der Waals surface area contributed by atoms with Crippen LogP contribution in [0.25, 0.3) is 0 Å². The molecule has 0 bridgehead atoms. The Labute approximate surface area is 122 Å². The van der Waals surface area contributed by atoms with E-state index in [0.29, 0.717) is 12.1 Å². The average molecular weight is 274 g/mol. The summed E-state index contributed by atoms with van der Waals surface area (Å²) in [7, 11) is 0. The molecule has 1 aromatic rings. The monoisotopic (exact) mass is 274 g/mol. The molecule has 110 valence electrons. The van der Waals surface area contributed by atoms with Gasteiger partial charge in [0.1, 0.15) is 12.4 Å². The number of benzene rings is 1.